The molecule has 0 saturated carbocycles. The van der Waals surface area contributed by atoms with Crippen molar-refractivity contribution < 1.29 is 9.53 Å². The van der Waals surface area contributed by atoms with Gasteiger partial charge in [-0.1, -0.05) is 176 Å². The lowest BCUT2D eigenvalue weighted by atomic mass is 10.0. The van der Waals surface area contributed by atoms with Crippen LogP contribution in [0.25, 0.3) is 0 Å². The number of hydrogen-bond donors (Lipinski definition) is 0. The maximum absolute atomic E-state index is 12.1. The SMILES string of the molecule is CCCCCCCCCCCCCCCCCCCCCCCC(=O)OC/C=C(\C)CC/C=C(\C)CC/C=C(\C)CCC=C(C)C. The fraction of sp³-hybridized carbons (Fsp3) is 0.795. The van der Waals surface area contributed by atoms with Gasteiger partial charge in [0.05, 0.1) is 0 Å². The molecule has 46 heavy (non-hydrogen) atoms. The Balaban J connectivity index is 3.54. The summed E-state index contributed by atoms with van der Waals surface area (Å²) in [6.45, 7) is 13.7. The Morgan fingerprint density at radius 1 is 0.413 bits per heavy atom. The van der Waals surface area contributed by atoms with Gasteiger partial charge in [-0.25, -0.2) is 0 Å². The second-order valence-corrected chi connectivity index (χ2v) is 14.6. The zero-order valence-electron chi connectivity index (χ0n) is 32.1. The monoisotopic (exact) mass is 641 g/mol. The maximum atomic E-state index is 12.1. The van der Waals surface area contributed by atoms with Crippen molar-refractivity contribution in [2.24, 2.45) is 0 Å². The molecule has 0 aliphatic rings. The van der Waals surface area contributed by atoms with Gasteiger partial charge in [0.1, 0.15) is 6.61 Å². The van der Waals surface area contributed by atoms with Crippen molar-refractivity contribution in [3.63, 3.8) is 0 Å². The van der Waals surface area contributed by atoms with Crippen molar-refractivity contribution in [1.29, 1.82) is 0 Å². The van der Waals surface area contributed by atoms with Crippen molar-refractivity contribution in [3.8, 4) is 0 Å². The van der Waals surface area contributed by atoms with E-state index in [1.165, 1.54) is 151 Å². The first-order valence-corrected chi connectivity index (χ1v) is 20.1. The molecule has 0 unspecified atom stereocenters. The van der Waals surface area contributed by atoms with Crippen LogP contribution >= 0.6 is 0 Å². The van der Waals surface area contributed by atoms with Crippen LogP contribution in [0.1, 0.15) is 221 Å². The van der Waals surface area contributed by atoms with Crippen LogP contribution in [0.4, 0.5) is 0 Å². The predicted octanol–water partition coefficient (Wildman–Crippen LogP) is 15.3. The summed E-state index contributed by atoms with van der Waals surface area (Å²) in [5.41, 5.74) is 5.68. The largest absolute Gasteiger partial charge is 0.461 e. The van der Waals surface area contributed by atoms with Gasteiger partial charge in [-0.3, -0.25) is 4.79 Å². The molecule has 0 aliphatic carbocycles. The first-order chi connectivity index (χ1) is 22.3. The molecule has 0 bridgehead atoms. The third-order valence-electron chi connectivity index (χ3n) is 9.31. The van der Waals surface area contributed by atoms with E-state index >= 15 is 0 Å². The van der Waals surface area contributed by atoms with E-state index in [4.69, 9.17) is 4.74 Å². The Morgan fingerprint density at radius 3 is 1.11 bits per heavy atom. The van der Waals surface area contributed by atoms with E-state index in [9.17, 15) is 4.79 Å². The molecule has 0 rings (SSSR count). The van der Waals surface area contributed by atoms with E-state index in [1.54, 1.807) is 0 Å². The van der Waals surface area contributed by atoms with E-state index in [0.717, 1.165) is 44.9 Å². The highest BCUT2D eigenvalue weighted by Crippen LogP contribution is 2.16. The number of rotatable bonds is 33. The van der Waals surface area contributed by atoms with Gasteiger partial charge in [-0.15, -0.1) is 0 Å². The smallest absolute Gasteiger partial charge is 0.306 e. The van der Waals surface area contributed by atoms with Crippen LogP contribution < -0.4 is 0 Å². The van der Waals surface area contributed by atoms with Gasteiger partial charge in [0.2, 0.25) is 0 Å². The summed E-state index contributed by atoms with van der Waals surface area (Å²) >= 11 is 0. The molecule has 0 atom stereocenters. The Hall–Kier alpha value is -1.57. The number of unbranched alkanes of at least 4 members (excludes halogenated alkanes) is 20. The number of carbonyl (C=O) groups excluding carboxylic acids is 1. The topological polar surface area (TPSA) is 26.3 Å². The number of ether oxygens (including phenoxy) is 1. The standard InChI is InChI=1S/C44H80O2/c1-7-8-9-10-11-12-13-14-15-16-17-18-19-20-21-22-23-24-25-26-27-37-44(45)46-39-38-43(6)36-30-35-42(5)34-29-33-41(4)32-28-31-40(2)3/h31,33,35,38H,7-30,32,34,36-37,39H2,1-6H3/b41-33+,42-35+,43-38+. The maximum Gasteiger partial charge on any atom is 0.306 e. The third kappa shape index (κ3) is 35.3. The summed E-state index contributed by atoms with van der Waals surface area (Å²) in [5.74, 6) is -0.0400. The fourth-order valence-corrected chi connectivity index (χ4v) is 6.04. The molecule has 0 amide bonds. The number of allylic oxidation sites excluding steroid dienone is 7. The molecule has 0 radical (unpaired) electrons. The molecule has 0 aromatic heterocycles. The summed E-state index contributed by atoms with van der Waals surface area (Å²) < 4.78 is 5.46. The number of hydrogen-bond acceptors (Lipinski definition) is 2. The minimum absolute atomic E-state index is 0.0400. The summed E-state index contributed by atoms with van der Waals surface area (Å²) in [4.78, 5) is 12.1. The van der Waals surface area contributed by atoms with Crippen LogP contribution in [-0.4, -0.2) is 12.6 Å². The van der Waals surface area contributed by atoms with Crippen molar-refractivity contribution in [1.82, 2.24) is 0 Å². The fourth-order valence-electron chi connectivity index (χ4n) is 6.04. The Labute approximate surface area is 289 Å². The van der Waals surface area contributed by atoms with Gasteiger partial charge in [0.25, 0.3) is 0 Å². The van der Waals surface area contributed by atoms with Crippen LogP contribution in [0, 0.1) is 0 Å². The van der Waals surface area contributed by atoms with Gasteiger partial charge >= 0.3 is 5.97 Å². The molecule has 2 heteroatoms. The normalized spacial score (nSPS) is 12.5. The van der Waals surface area contributed by atoms with Crippen molar-refractivity contribution in [2.75, 3.05) is 6.61 Å². The zero-order valence-corrected chi connectivity index (χ0v) is 32.1. The van der Waals surface area contributed by atoms with E-state index in [-0.39, 0.29) is 5.97 Å². The molecule has 0 fully saturated rings. The Morgan fingerprint density at radius 2 is 0.739 bits per heavy atom. The van der Waals surface area contributed by atoms with Gasteiger partial charge < -0.3 is 4.74 Å². The molecule has 2 nitrogen and oxygen atoms in total. The number of carbonyl (C=O) groups is 1. The lowest BCUT2D eigenvalue weighted by Crippen LogP contribution is -2.04. The molecule has 0 aromatic rings. The highest BCUT2D eigenvalue weighted by Gasteiger charge is 2.02. The van der Waals surface area contributed by atoms with Crippen molar-refractivity contribution in [2.45, 2.75) is 221 Å². The average Bonchev–Trinajstić information content (AvgIpc) is 3.01. The minimum atomic E-state index is -0.0400. The number of esters is 1. The van der Waals surface area contributed by atoms with Crippen LogP contribution in [-0.2, 0) is 9.53 Å². The Kier molecular flexibility index (Phi) is 33.6. The molecule has 0 aromatic carbocycles. The van der Waals surface area contributed by atoms with E-state index in [1.807, 2.05) is 0 Å². The second-order valence-electron chi connectivity index (χ2n) is 14.6. The molecule has 0 saturated heterocycles. The van der Waals surface area contributed by atoms with Crippen LogP contribution in [0.3, 0.4) is 0 Å². The Bertz CT molecular complexity index is 808. The van der Waals surface area contributed by atoms with Crippen LogP contribution in [0.5, 0.6) is 0 Å². The molecular weight excluding hydrogens is 560 g/mol. The minimum Gasteiger partial charge on any atom is -0.461 e. The molecule has 268 valence electrons. The zero-order chi connectivity index (χ0) is 33.9. The lowest BCUT2D eigenvalue weighted by Gasteiger charge is -2.05. The summed E-state index contributed by atoms with van der Waals surface area (Å²) in [6.07, 6.45) is 45.4. The van der Waals surface area contributed by atoms with Crippen molar-refractivity contribution >= 4 is 5.97 Å². The molecule has 0 N–H and O–H groups in total. The summed E-state index contributed by atoms with van der Waals surface area (Å²) in [7, 11) is 0. The highest BCUT2D eigenvalue weighted by atomic mass is 16.5. The average molecular weight is 641 g/mol. The molecule has 0 spiro atoms. The predicted molar refractivity (Wildman–Crippen MR) is 207 cm³/mol. The van der Waals surface area contributed by atoms with Crippen LogP contribution in [0.2, 0.25) is 0 Å². The van der Waals surface area contributed by atoms with Gasteiger partial charge in [-0.2, -0.15) is 0 Å². The second kappa shape index (κ2) is 34.8. The summed E-state index contributed by atoms with van der Waals surface area (Å²) in [6, 6.07) is 0. The van der Waals surface area contributed by atoms with Crippen molar-refractivity contribution in [3.05, 3.63) is 46.6 Å². The van der Waals surface area contributed by atoms with Crippen LogP contribution in [0.15, 0.2) is 46.6 Å². The quantitative estimate of drug-likeness (QED) is 0.0405. The first-order valence-electron chi connectivity index (χ1n) is 20.1. The van der Waals surface area contributed by atoms with E-state index in [2.05, 4.69) is 65.8 Å². The first kappa shape index (κ1) is 44.4. The lowest BCUT2D eigenvalue weighted by molar-refractivity contribution is -0.142. The van der Waals surface area contributed by atoms with E-state index in [0.29, 0.717) is 13.0 Å². The molecule has 0 heterocycles. The van der Waals surface area contributed by atoms with Gasteiger partial charge in [0, 0.05) is 6.42 Å². The van der Waals surface area contributed by atoms with E-state index < -0.39 is 0 Å². The molecule has 0 aliphatic heterocycles. The summed E-state index contributed by atoms with van der Waals surface area (Å²) in [5, 5.41) is 0. The van der Waals surface area contributed by atoms with Gasteiger partial charge in [-0.05, 0) is 85.6 Å². The third-order valence-corrected chi connectivity index (χ3v) is 9.31. The molecular formula is C44H80O2. The van der Waals surface area contributed by atoms with Gasteiger partial charge in [0.15, 0.2) is 0 Å². The highest BCUT2D eigenvalue weighted by molar-refractivity contribution is 5.69.